The number of aliphatic hydroxyl groups is 2. The third kappa shape index (κ3) is 12.4. The van der Waals surface area contributed by atoms with Crippen molar-refractivity contribution in [2.45, 2.75) is 76.5 Å². The summed E-state index contributed by atoms with van der Waals surface area (Å²) in [5.41, 5.74) is 6.94. The molecule has 0 bridgehead atoms. The number of carbonyl (C=O) groups is 1. The number of nitrogen functional groups attached to an aromatic ring is 1. The van der Waals surface area contributed by atoms with Crippen LogP contribution in [0.25, 0.3) is 5.57 Å². The van der Waals surface area contributed by atoms with Crippen molar-refractivity contribution in [3.8, 4) is 23.3 Å². The molecule has 0 spiro atoms. The topological polar surface area (TPSA) is 385 Å². The molecule has 7 rings (SSSR count). The number of fused-ring (bicyclic) bond motifs is 4. The molecule has 1 fully saturated rings. The number of aryl methyl sites for hydroxylation is 1. The van der Waals surface area contributed by atoms with Gasteiger partial charge in [-0.3, -0.25) is 13.9 Å². The maximum atomic E-state index is 13.0. The predicted octanol–water partition coefficient (Wildman–Crippen LogP) is -0.222. The highest BCUT2D eigenvalue weighted by Gasteiger charge is 2.47. The van der Waals surface area contributed by atoms with E-state index in [0.29, 0.717) is 56.9 Å². The van der Waals surface area contributed by atoms with Crippen molar-refractivity contribution in [3.05, 3.63) is 74.4 Å². The lowest BCUT2D eigenvalue weighted by molar-refractivity contribution is -0.120. The van der Waals surface area contributed by atoms with Crippen molar-refractivity contribution in [1.29, 1.82) is 0 Å². The van der Waals surface area contributed by atoms with E-state index in [9.17, 15) is 56.3 Å². The number of hydrogen-bond donors (Lipinski definition) is 8. The molecule has 4 aliphatic heterocycles. The van der Waals surface area contributed by atoms with Crippen LogP contribution in [0, 0.1) is 11.8 Å². The van der Waals surface area contributed by atoms with Crippen LogP contribution < -0.4 is 41.7 Å². The summed E-state index contributed by atoms with van der Waals surface area (Å²) in [6.45, 7) is 6.53. The maximum absolute atomic E-state index is 13.0. The van der Waals surface area contributed by atoms with Gasteiger partial charge in [0.2, 0.25) is 11.3 Å². The van der Waals surface area contributed by atoms with Gasteiger partial charge < -0.3 is 59.8 Å². The molecule has 9 N–H and O–H groups in total. The number of nitrogens with zero attached hydrogens (tertiary/aromatic N) is 5. The van der Waals surface area contributed by atoms with Gasteiger partial charge in [-0.05, 0) is 51.3 Å². The van der Waals surface area contributed by atoms with Crippen LogP contribution in [0.3, 0.4) is 0 Å². The number of phosphoric ester groups is 1. The Balaban J connectivity index is 0.995. The van der Waals surface area contributed by atoms with Gasteiger partial charge in [-0.15, -0.1) is 0 Å². The number of rotatable bonds is 16. The van der Waals surface area contributed by atoms with Crippen LogP contribution in [0.2, 0.25) is 0 Å². The lowest BCUT2D eigenvalue weighted by Crippen LogP contribution is -2.46. The van der Waals surface area contributed by atoms with Crippen molar-refractivity contribution in [2.75, 3.05) is 49.2 Å². The zero-order valence-corrected chi connectivity index (χ0v) is 40.4. The molecule has 0 aliphatic carbocycles. The lowest BCUT2D eigenvalue weighted by atomic mass is 9.88. The SMILES string of the molecule is CC[N+]1=c2cc3c(cc2CCC1)=Nc1cc2c(cc1O3)N(CCCC(=O)NCC#Cc1cn([C@@H]3O[C@H](COP(=O)(O)OP(=O)(O)OP(=O)(O)O)[C@@H](O)[C@H]3O)c(=O)nc1N)C(C)(C)C=C2CS(=O)(=O)[O-]. The summed E-state index contributed by atoms with van der Waals surface area (Å²) in [6, 6.07) is 7.50. The van der Waals surface area contributed by atoms with Gasteiger partial charge in [0.1, 0.15) is 48.3 Å². The van der Waals surface area contributed by atoms with E-state index in [0.717, 1.165) is 43.0 Å². The van der Waals surface area contributed by atoms with E-state index >= 15 is 0 Å². The second kappa shape index (κ2) is 19.8. The van der Waals surface area contributed by atoms with Gasteiger partial charge in [-0.2, -0.15) is 13.6 Å². The molecule has 0 saturated carbocycles. The molecule has 5 heterocycles. The molecule has 2 aromatic carbocycles. The summed E-state index contributed by atoms with van der Waals surface area (Å²) in [5, 5.41) is 25.6. The number of aromatic nitrogens is 2. The number of ether oxygens (including phenoxy) is 2. The van der Waals surface area contributed by atoms with Gasteiger partial charge in [-0.1, -0.05) is 17.9 Å². The molecule has 69 heavy (non-hydrogen) atoms. The van der Waals surface area contributed by atoms with Gasteiger partial charge in [0.05, 0.1) is 46.2 Å². The molecule has 6 atom stereocenters. The van der Waals surface area contributed by atoms with Gasteiger partial charge in [-0.25, -0.2) is 36.5 Å². The Morgan fingerprint density at radius 1 is 1.09 bits per heavy atom. The van der Waals surface area contributed by atoms with Gasteiger partial charge in [0.15, 0.2) is 17.7 Å². The fourth-order valence-electron chi connectivity index (χ4n) is 8.34. The Labute approximate surface area is 392 Å². The Hall–Kier alpha value is -4.71. The minimum absolute atomic E-state index is 0.0231. The van der Waals surface area contributed by atoms with Crippen LogP contribution in [0.15, 0.2) is 46.3 Å². The highest BCUT2D eigenvalue weighted by Crippen LogP contribution is 2.66. The fraction of sp³-hybridized carbons (Fsp3) is 0.462. The van der Waals surface area contributed by atoms with Crippen LogP contribution in [0.4, 0.5) is 17.2 Å². The maximum Gasteiger partial charge on any atom is 0.490 e. The summed E-state index contributed by atoms with van der Waals surface area (Å²) in [5.74, 6) is 4.84. The first kappa shape index (κ1) is 52.1. The number of carbonyl (C=O) groups excluding carboxylic acids is 1. The van der Waals surface area contributed by atoms with Gasteiger partial charge in [0.25, 0.3) is 0 Å². The number of phosphoric acid groups is 3. The normalized spacial score (nSPS) is 22.2. The molecule has 374 valence electrons. The molecular formula is C39H48N7O19P3S. The van der Waals surface area contributed by atoms with Crippen molar-refractivity contribution in [1.82, 2.24) is 19.4 Å². The van der Waals surface area contributed by atoms with Gasteiger partial charge in [0, 0.05) is 48.5 Å². The lowest BCUT2D eigenvalue weighted by Gasteiger charge is -2.44. The molecular weight excluding hydrogens is 995 g/mol. The first-order chi connectivity index (χ1) is 32.1. The first-order valence-electron chi connectivity index (χ1n) is 21.0. The van der Waals surface area contributed by atoms with Crippen molar-refractivity contribution in [3.63, 3.8) is 0 Å². The minimum Gasteiger partial charge on any atom is -0.748 e. The summed E-state index contributed by atoms with van der Waals surface area (Å²) < 4.78 is 97.5. The molecule has 4 aliphatic rings. The van der Waals surface area contributed by atoms with E-state index in [4.69, 9.17) is 30.0 Å². The van der Waals surface area contributed by atoms with Crippen LogP contribution in [-0.2, 0) is 52.9 Å². The fourth-order valence-corrected chi connectivity index (χ4v) is 12.0. The van der Waals surface area contributed by atoms with Crippen molar-refractivity contribution >= 4 is 62.3 Å². The zero-order valence-electron chi connectivity index (χ0n) is 36.9. The van der Waals surface area contributed by atoms with E-state index in [1.165, 1.54) is 0 Å². The smallest absolute Gasteiger partial charge is 0.490 e. The molecule has 3 aromatic rings. The number of nitrogens with one attached hydrogen (secondary N) is 1. The molecule has 1 aromatic heterocycles. The standard InChI is InChI=1S/C39H48N7O19P3S/c1-4-44-12-6-9-22-14-26-30(16-28(22)44)62-31-17-29-25(15-27(31)42-26)24(21-69(58,59)60)18-39(2,3)46(29)13-7-10-33(47)41-11-5-8-23-19-45(38(50)43-36(23)40)37-35(49)34(48)32(63-37)20-61-67(54,55)65-68(56,57)64-66(51,52)53/h14-19,32,34-35,37,48-49H,4,6-7,9-13,20-21H2,1-3H3,(H7-,40,41,43,47,50,51,52,53,54,55,56,57,58,59,60)/t32-,34-,35-,37-/m1/s1. The van der Waals surface area contributed by atoms with Crippen LogP contribution in [0.5, 0.6) is 11.5 Å². The van der Waals surface area contributed by atoms with Crippen LogP contribution >= 0.6 is 23.5 Å². The van der Waals surface area contributed by atoms with Crippen LogP contribution in [-0.4, -0.2) is 121 Å². The second-order valence-electron chi connectivity index (χ2n) is 16.7. The monoisotopic (exact) mass is 1040 g/mol. The molecule has 26 nitrogen and oxygen atoms in total. The van der Waals surface area contributed by atoms with Crippen molar-refractivity contribution < 1.29 is 83.9 Å². The number of benzene rings is 2. The first-order valence-corrected chi connectivity index (χ1v) is 27.1. The Morgan fingerprint density at radius 2 is 1.83 bits per heavy atom. The summed E-state index contributed by atoms with van der Waals surface area (Å²) >= 11 is 0. The van der Waals surface area contributed by atoms with E-state index in [-0.39, 0.29) is 24.3 Å². The quantitative estimate of drug-likeness (QED) is 0.0311. The minimum atomic E-state index is -5.85. The molecule has 30 heteroatoms. The number of hydrogen-bond acceptors (Lipinski definition) is 19. The molecule has 1 saturated heterocycles. The summed E-state index contributed by atoms with van der Waals surface area (Å²) in [7, 11) is -21.8. The summed E-state index contributed by atoms with van der Waals surface area (Å²) in [6.07, 6.45) is -2.27. The molecule has 1 amide bonds. The second-order valence-corrected chi connectivity index (χ2v) is 22.5. The van der Waals surface area contributed by atoms with Crippen LogP contribution in [0.1, 0.15) is 63.0 Å². The van der Waals surface area contributed by atoms with E-state index < -0.39 is 87.6 Å². The predicted molar refractivity (Wildman–Crippen MR) is 240 cm³/mol. The number of aliphatic hydroxyl groups excluding tert-OH is 2. The van der Waals surface area contributed by atoms with Gasteiger partial charge >= 0.3 is 29.2 Å². The number of anilines is 2. The summed E-state index contributed by atoms with van der Waals surface area (Å²) in [4.78, 5) is 72.8. The Morgan fingerprint density at radius 3 is 2.52 bits per heavy atom. The number of amides is 1. The molecule has 0 radical (unpaired) electrons. The van der Waals surface area contributed by atoms with Crippen molar-refractivity contribution in [2.24, 2.45) is 4.99 Å². The molecule has 2 unspecified atom stereocenters. The third-order valence-corrected chi connectivity index (χ3v) is 15.7. The largest absolute Gasteiger partial charge is 0.748 e. The Kier molecular flexibility index (Phi) is 15.0. The zero-order chi connectivity index (χ0) is 50.4. The van der Waals surface area contributed by atoms with E-state index in [1.54, 1.807) is 18.2 Å². The highest BCUT2D eigenvalue weighted by atomic mass is 32.2. The van der Waals surface area contributed by atoms with E-state index in [2.05, 4.69) is 46.8 Å². The average Bonchev–Trinajstić information content (AvgIpc) is 3.50. The Bertz CT molecular complexity index is 3130. The van der Waals surface area contributed by atoms with E-state index in [1.807, 2.05) is 30.9 Å². The number of nitrogens with two attached hydrogens (primary N) is 1. The highest BCUT2D eigenvalue weighted by molar-refractivity contribution is 7.86. The average molecular weight is 1040 g/mol. The third-order valence-electron chi connectivity index (χ3n) is 11.3.